The number of fused-ring (bicyclic) bond motifs is 1. The van der Waals surface area contributed by atoms with Gasteiger partial charge in [0.15, 0.2) is 0 Å². The number of aromatic nitrogens is 1. The first-order valence-electron chi connectivity index (χ1n) is 10.4. The number of rotatable bonds is 5. The fourth-order valence-corrected chi connectivity index (χ4v) is 3.71. The molecule has 2 aromatic carbocycles. The first-order chi connectivity index (χ1) is 15.0. The predicted octanol–water partition coefficient (Wildman–Crippen LogP) is 2.23. The Bertz CT molecular complexity index is 1110. The van der Waals surface area contributed by atoms with Crippen LogP contribution < -0.4 is 10.7 Å². The molecule has 0 aliphatic carbocycles. The zero-order chi connectivity index (χ0) is 21.8. The highest BCUT2D eigenvalue weighted by Gasteiger charge is 2.20. The van der Waals surface area contributed by atoms with Crippen LogP contribution in [0.2, 0.25) is 0 Å². The van der Waals surface area contributed by atoms with Gasteiger partial charge in [-0.3, -0.25) is 15.0 Å². The summed E-state index contributed by atoms with van der Waals surface area (Å²) in [6, 6.07) is 16.9. The Morgan fingerprint density at radius 3 is 2.32 bits per heavy atom. The summed E-state index contributed by atoms with van der Waals surface area (Å²) in [6.07, 6.45) is 3.71. The van der Waals surface area contributed by atoms with E-state index in [4.69, 9.17) is 0 Å². The summed E-state index contributed by atoms with van der Waals surface area (Å²) in [4.78, 5) is 28.2. The summed E-state index contributed by atoms with van der Waals surface area (Å²) in [6.45, 7) is 3.21. The van der Waals surface area contributed by atoms with Crippen molar-refractivity contribution in [3.63, 3.8) is 0 Å². The first kappa shape index (κ1) is 20.8. The van der Waals surface area contributed by atoms with E-state index in [0.29, 0.717) is 5.56 Å². The van der Waals surface area contributed by atoms with Gasteiger partial charge in [-0.15, -0.1) is 0 Å². The summed E-state index contributed by atoms with van der Waals surface area (Å²) < 4.78 is 2.01. The molecule has 0 unspecified atom stereocenters. The second-order valence-corrected chi connectivity index (χ2v) is 7.82. The summed E-state index contributed by atoms with van der Waals surface area (Å²) in [5, 5.41) is 5.73. The van der Waals surface area contributed by atoms with Crippen molar-refractivity contribution in [3.05, 3.63) is 77.6 Å². The van der Waals surface area contributed by atoms with E-state index in [1.54, 1.807) is 30.3 Å². The average Bonchev–Trinajstić information content (AvgIpc) is 3.11. The minimum atomic E-state index is -0.332. The van der Waals surface area contributed by atoms with Gasteiger partial charge in [-0.05, 0) is 31.3 Å². The zero-order valence-electron chi connectivity index (χ0n) is 17.8. The number of nitrogens with zero attached hydrogens (tertiary/aromatic N) is 3. The molecule has 7 nitrogen and oxygen atoms in total. The van der Waals surface area contributed by atoms with Gasteiger partial charge in [-0.2, -0.15) is 0 Å². The number of para-hydroxylation sites is 1. The second-order valence-electron chi connectivity index (χ2n) is 7.82. The van der Waals surface area contributed by atoms with Crippen molar-refractivity contribution in [3.8, 4) is 0 Å². The van der Waals surface area contributed by atoms with E-state index in [0.717, 1.165) is 42.6 Å². The van der Waals surface area contributed by atoms with E-state index in [9.17, 15) is 9.59 Å². The average molecular weight is 418 g/mol. The highest BCUT2D eigenvalue weighted by atomic mass is 16.2. The van der Waals surface area contributed by atoms with Gasteiger partial charge in [0.2, 0.25) is 0 Å². The van der Waals surface area contributed by atoms with Crippen LogP contribution in [-0.2, 0) is 11.8 Å². The van der Waals surface area contributed by atoms with Crippen molar-refractivity contribution < 1.29 is 9.59 Å². The Kier molecular flexibility index (Phi) is 6.16. The predicted molar refractivity (Wildman–Crippen MR) is 122 cm³/mol. The number of amides is 2. The molecule has 0 spiro atoms. The van der Waals surface area contributed by atoms with Gasteiger partial charge in [0.25, 0.3) is 11.8 Å². The Balaban J connectivity index is 1.63. The fraction of sp³-hybridized carbons (Fsp3) is 0.250. The van der Waals surface area contributed by atoms with E-state index in [1.807, 2.05) is 53.2 Å². The first-order valence-corrected chi connectivity index (χ1v) is 10.4. The van der Waals surface area contributed by atoms with Gasteiger partial charge < -0.3 is 14.8 Å². The fourth-order valence-electron chi connectivity index (χ4n) is 3.71. The van der Waals surface area contributed by atoms with Gasteiger partial charge >= 0.3 is 0 Å². The van der Waals surface area contributed by atoms with Crippen molar-refractivity contribution in [2.75, 3.05) is 33.2 Å². The molecule has 1 aliphatic heterocycles. The molecule has 0 atom stereocenters. The SMILES string of the molecule is CN1CCN(NC(=O)/C(=C/c2cn(C)c3ccccc23)NC(=O)c2ccccc2)CC1. The van der Waals surface area contributed by atoms with Crippen molar-refractivity contribution in [1.82, 2.24) is 25.2 Å². The molecule has 0 bridgehead atoms. The van der Waals surface area contributed by atoms with E-state index in [1.165, 1.54) is 0 Å². The van der Waals surface area contributed by atoms with Crippen LogP contribution in [0.5, 0.6) is 0 Å². The van der Waals surface area contributed by atoms with E-state index < -0.39 is 0 Å². The van der Waals surface area contributed by atoms with Crippen molar-refractivity contribution in [1.29, 1.82) is 0 Å². The molecule has 4 rings (SSSR count). The van der Waals surface area contributed by atoms with E-state index in [-0.39, 0.29) is 17.5 Å². The van der Waals surface area contributed by atoms with Crippen molar-refractivity contribution >= 4 is 28.8 Å². The standard InChI is InChI=1S/C24H27N5O2/c1-27-12-14-29(15-13-27)26-24(31)21(25-23(30)18-8-4-3-5-9-18)16-19-17-28(2)22-11-7-6-10-20(19)22/h3-11,16-17H,12-15H2,1-2H3,(H,25,30)(H,26,31)/b21-16-. The smallest absolute Gasteiger partial charge is 0.282 e. The Morgan fingerprint density at radius 2 is 1.58 bits per heavy atom. The van der Waals surface area contributed by atoms with E-state index >= 15 is 0 Å². The number of aryl methyl sites for hydroxylation is 1. The molecular weight excluding hydrogens is 390 g/mol. The third-order valence-corrected chi connectivity index (χ3v) is 5.52. The molecule has 7 heteroatoms. The molecule has 0 radical (unpaired) electrons. The lowest BCUT2D eigenvalue weighted by Crippen LogP contribution is -2.53. The molecule has 31 heavy (non-hydrogen) atoms. The number of hydrogen-bond donors (Lipinski definition) is 2. The molecular formula is C24H27N5O2. The maximum Gasteiger partial charge on any atom is 0.282 e. The maximum atomic E-state index is 13.2. The van der Waals surface area contributed by atoms with Gasteiger partial charge in [-0.25, -0.2) is 5.01 Å². The topological polar surface area (TPSA) is 69.6 Å². The lowest BCUT2D eigenvalue weighted by atomic mass is 10.1. The number of benzene rings is 2. The maximum absolute atomic E-state index is 13.2. The number of nitrogens with one attached hydrogen (secondary N) is 2. The molecule has 0 saturated carbocycles. The minimum Gasteiger partial charge on any atom is -0.350 e. The number of carbonyl (C=O) groups is 2. The number of hydrazine groups is 1. The lowest BCUT2D eigenvalue weighted by molar-refractivity contribution is -0.123. The summed E-state index contributed by atoms with van der Waals surface area (Å²) >= 11 is 0. The molecule has 1 aliphatic rings. The molecule has 1 fully saturated rings. The quantitative estimate of drug-likeness (QED) is 0.625. The second kappa shape index (κ2) is 9.16. The lowest BCUT2D eigenvalue weighted by Gasteiger charge is -2.32. The summed E-state index contributed by atoms with van der Waals surface area (Å²) in [5.41, 5.74) is 5.59. The third-order valence-electron chi connectivity index (χ3n) is 5.52. The van der Waals surface area contributed by atoms with Crippen LogP contribution in [-0.4, -0.2) is 59.5 Å². The van der Waals surface area contributed by atoms with Crippen LogP contribution in [0.4, 0.5) is 0 Å². The Morgan fingerprint density at radius 1 is 0.903 bits per heavy atom. The monoisotopic (exact) mass is 417 g/mol. The minimum absolute atomic E-state index is 0.212. The highest BCUT2D eigenvalue weighted by Crippen LogP contribution is 2.22. The highest BCUT2D eigenvalue weighted by molar-refractivity contribution is 6.06. The largest absolute Gasteiger partial charge is 0.350 e. The van der Waals surface area contributed by atoms with Crippen LogP contribution in [0, 0.1) is 0 Å². The van der Waals surface area contributed by atoms with Crippen LogP contribution in [0.15, 0.2) is 66.5 Å². The van der Waals surface area contributed by atoms with Crippen LogP contribution in [0.1, 0.15) is 15.9 Å². The number of likely N-dealkylation sites (N-methyl/N-ethyl adjacent to an activating group) is 1. The van der Waals surface area contributed by atoms with Crippen molar-refractivity contribution in [2.24, 2.45) is 7.05 Å². The Hall–Kier alpha value is -3.42. The molecule has 2 heterocycles. The zero-order valence-corrected chi connectivity index (χ0v) is 17.8. The summed E-state index contributed by atoms with van der Waals surface area (Å²) in [5.74, 6) is -0.651. The Labute approximate surface area is 181 Å². The van der Waals surface area contributed by atoms with Crippen LogP contribution >= 0.6 is 0 Å². The molecule has 160 valence electrons. The molecule has 1 aromatic heterocycles. The van der Waals surface area contributed by atoms with Gasteiger partial charge in [0.1, 0.15) is 5.70 Å². The molecule has 2 N–H and O–H groups in total. The number of hydrogen-bond acceptors (Lipinski definition) is 4. The van der Waals surface area contributed by atoms with Crippen LogP contribution in [0.25, 0.3) is 17.0 Å². The van der Waals surface area contributed by atoms with E-state index in [2.05, 4.69) is 22.7 Å². The molecule has 2 amide bonds. The summed E-state index contributed by atoms with van der Waals surface area (Å²) in [7, 11) is 4.03. The van der Waals surface area contributed by atoms with Crippen LogP contribution in [0.3, 0.4) is 0 Å². The normalized spacial score (nSPS) is 15.7. The van der Waals surface area contributed by atoms with Crippen molar-refractivity contribution in [2.45, 2.75) is 0 Å². The molecule has 1 saturated heterocycles. The third kappa shape index (κ3) is 4.84. The molecule has 3 aromatic rings. The van der Waals surface area contributed by atoms with Gasteiger partial charge in [0.05, 0.1) is 0 Å². The van der Waals surface area contributed by atoms with Gasteiger partial charge in [-0.1, -0.05) is 36.4 Å². The number of piperazine rings is 1. The number of carbonyl (C=O) groups excluding carboxylic acids is 2. The van der Waals surface area contributed by atoms with Gasteiger partial charge in [0, 0.05) is 61.5 Å².